The molecule has 0 spiro atoms. The van der Waals surface area contributed by atoms with Crippen molar-refractivity contribution in [3.05, 3.63) is 65.5 Å². The van der Waals surface area contributed by atoms with E-state index in [1.807, 2.05) is 45.0 Å². The monoisotopic (exact) mass is 446 g/mol. The Hall–Kier alpha value is -3.55. The van der Waals surface area contributed by atoms with Crippen molar-refractivity contribution in [3.8, 4) is 11.1 Å². The predicted molar refractivity (Wildman–Crippen MR) is 125 cm³/mol. The predicted octanol–water partition coefficient (Wildman–Crippen LogP) is 2.60. The first-order valence-electron chi connectivity index (χ1n) is 11.2. The van der Waals surface area contributed by atoms with Crippen molar-refractivity contribution in [2.45, 2.75) is 46.6 Å². The van der Waals surface area contributed by atoms with E-state index < -0.39 is 5.41 Å². The van der Waals surface area contributed by atoms with Crippen LogP contribution < -0.4 is 5.73 Å². The summed E-state index contributed by atoms with van der Waals surface area (Å²) in [5, 5.41) is 4.49. The molecule has 1 saturated heterocycles. The minimum atomic E-state index is -0.829. The molecule has 1 aliphatic heterocycles. The van der Waals surface area contributed by atoms with E-state index in [4.69, 9.17) is 5.73 Å². The molecule has 1 fully saturated rings. The summed E-state index contributed by atoms with van der Waals surface area (Å²) in [5.41, 5.74) is 11.0. The van der Waals surface area contributed by atoms with E-state index in [0.29, 0.717) is 25.9 Å². The van der Waals surface area contributed by atoms with Gasteiger partial charge in [0.25, 0.3) is 0 Å². The molecule has 3 aromatic rings. The first-order chi connectivity index (χ1) is 15.8. The second kappa shape index (κ2) is 9.13. The maximum Gasteiger partial charge on any atom is 0.244 e. The first kappa shape index (κ1) is 22.6. The van der Waals surface area contributed by atoms with E-state index in [1.165, 1.54) is 6.33 Å². The van der Waals surface area contributed by atoms with Gasteiger partial charge < -0.3 is 10.6 Å². The van der Waals surface area contributed by atoms with Crippen molar-refractivity contribution in [3.63, 3.8) is 0 Å². The van der Waals surface area contributed by atoms with Crippen molar-refractivity contribution in [2.24, 2.45) is 11.1 Å². The summed E-state index contributed by atoms with van der Waals surface area (Å²) in [6, 6.07) is 7.91. The van der Waals surface area contributed by atoms with Gasteiger partial charge in [-0.1, -0.05) is 24.3 Å². The fourth-order valence-corrected chi connectivity index (χ4v) is 4.70. The average molecular weight is 447 g/mol. The minimum absolute atomic E-state index is 0.0457. The molecule has 0 bridgehead atoms. The summed E-state index contributed by atoms with van der Waals surface area (Å²) in [6.45, 7) is 6.99. The van der Waals surface area contributed by atoms with Gasteiger partial charge in [0.2, 0.25) is 11.8 Å². The Morgan fingerprint density at radius 1 is 1.12 bits per heavy atom. The van der Waals surface area contributed by atoms with Crippen LogP contribution in [0.4, 0.5) is 0 Å². The number of primary amides is 1. The molecule has 2 aromatic heterocycles. The van der Waals surface area contributed by atoms with E-state index in [2.05, 4.69) is 15.1 Å². The van der Waals surface area contributed by atoms with E-state index >= 15 is 0 Å². The molecule has 1 atom stereocenters. The summed E-state index contributed by atoms with van der Waals surface area (Å²) < 4.78 is 1.75. The van der Waals surface area contributed by atoms with Crippen LogP contribution >= 0.6 is 0 Å². The van der Waals surface area contributed by atoms with E-state index in [1.54, 1.807) is 22.0 Å². The van der Waals surface area contributed by atoms with Gasteiger partial charge in [-0.2, -0.15) is 5.10 Å². The molecular weight excluding hydrogens is 416 g/mol. The molecule has 8 heteroatoms. The van der Waals surface area contributed by atoms with E-state index in [9.17, 15) is 9.59 Å². The van der Waals surface area contributed by atoms with Gasteiger partial charge in [-0.3, -0.25) is 14.3 Å². The van der Waals surface area contributed by atoms with Crippen LogP contribution in [0.1, 0.15) is 35.4 Å². The van der Waals surface area contributed by atoms with Crippen molar-refractivity contribution in [1.29, 1.82) is 0 Å². The van der Waals surface area contributed by atoms with Crippen LogP contribution in [0.15, 0.2) is 43.0 Å². The lowest BCUT2D eigenvalue weighted by Gasteiger charge is -2.41. The highest BCUT2D eigenvalue weighted by molar-refractivity contribution is 5.84. The standard InChI is InChI=1S/C25H30N6O2/c1-17-18(2)29-31(19(17)3)14-23(32)30-10-6-9-25(15-30,24(26)33)11-20-7-4-5-8-22(20)21-12-27-16-28-13-21/h4-5,7-8,12-13,16H,6,9-11,14-15H2,1-3H3,(H2,26,33)/t25-/m0/s1. The molecule has 172 valence electrons. The first-order valence-corrected chi connectivity index (χ1v) is 11.2. The molecule has 1 aliphatic rings. The molecule has 0 saturated carbocycles. The lowest BCUT2D eigenvalue weighted by molar-refractivity contribution is -0.140. The third kappa shape index (κ3) is 4.51. The summed E-state index contributed by atoms with van der Waals surface area (Å²) in [4.78, 5) is 36.0. The van der Waals surface area contributed by atoms with Crippen LogP contribution in [-0.4, -0.2) is 49.6 Å². The van der Waals surface area contributed by atoms with E-state index in [0.717, 1.165) is 40.1 Å². The highest BCUT2D eigenvalue weighted by Crippen LogP contribution is 2.36. The largest absolute Gasteiger partial charge is 0.369 e. The molecule has 2 amide bonds. The highest BCUT2D eigenvalue weighted by atomic mass is 16.2. The van der Waals surface area contributed by atoms with Gasteiger partial charge >= 0.3 is 0 Å². The number of rotatable bonds is 6. The summed E-state index contributed by atoms with van der Waals surface area (Å²) in [6.07, 6.45) is 6.83. The van der Waals surface area contributed by atoms with Crippen LogP contribution in [0, 0.1) is 26.2 Å². The lowest BCUT2D eigenvalue weighted by Crippen LogP contribution is -2.53. The lowest BCUT2D eigenvalue weighted by atomic mass is 9.73. The Morgan fingerprint density at radius 3 is 2.52 bits per heavy atom. The third-order valence-corrected chi connectivity index (χ3v) is 6.90. The number of likely N-dealkylation sites (tertiary alicyclic amines) is 1. The van der Waals surface area contributed by atoms with Crippen LogP contribution in [0.2, 0.25) is 0 Å². The molecule has 3 heterocycles. The quantitative estimate of drug-likeness (QED) is 0.626. The maximum atomic E-state index is 13.2. The van der Waals surface area contributed by atoms with Gasteiger partial charge in [-0.25, -0.2) is 9.97 Å². The zero-order valence-corrected chi connectivity index (χ0v) is 19.4. The molecule has 0 aliphatic carbocycles. The summed E-state index contributed by atoms with van der Waals surface area (Å²) >= 11 is 0. The second-order valence-corrected chi connectivity index (χ2v) is 8.98. The number of piperidine rings is 1. The average Bonchev–Trinajstić information content (AvgIpc) is 3.06. The van der Waals surface area contributed by atoms with Crippen LogP contribution in [0.25, 0.3) is 11.1 Å². The molecular formula is C25H30N6O2. The SMILES string of the molecule is Cc1nn(CC(=O)N2CCC[C@@](Cc3ccccc3-c3cncnc3)(C(N)=O)C2)c(C)c1C. The zero-order valence-electron chi connectivity index (χ0n) is 19.4. The number of carbonyl (C=O) groups is 2. The van der Waals surface area contributed by atoms with Crippen LogP contribution in [0.3, 0.4) is 0 Å². The Morgan fingerprint density at radius 2 is 1.85 bits per heavy atom. The van der Waals surface area contributed by atoms with Gasteiger partial charge in [-0.15, -0.1) is 0 Å². The Bertz CT molecular complexity index is 1170. The number of nitrogens with two attached hydrogens (primary N) is 1. The van der Waals surface area contributed by atoms with Crippen molar-refractivity contribution in [1.82, 2.24) is 24.6 Å². The summed E-state index contributed by atoms with van der Waals surface area (Å²) in [5.74, 6) is -0.420. The Balaban J connectivity index is 1.59. The molecule has 0 unspecified atom stereocenters. The molecule has 33 heavy (non-hydrogen) atoms. The van der Waals surface area contributed by atoms with Gasteiger partial charge in [0.05, 0.1) is 11.1 Å². The fraction of sp³-hybridized carbons (Fsp3) is 0.400. The number of aryl methyl sites for hydroxylation is 1. The molecule has 8 nitrogen and oxygen atoms in total. The van der Waals surface area contributed by atoms with Crippen LogP contribution in [-0.2, 0) is 22.6 Å². The molecule has 1 aromatic carbocycles. The molecule has 2 N–H and O–H groups in total. The minimum Gasteiger partial charge on any atom is -0.369 e. The number of hydrogen-bond acceptors (Lipinski definition) is 5. The zero-order chi connectivity index (χ0) is 23.6. The van der Waals surface area contributed by atoms with Crippen molar-refractivity contribution >= 4 is 11.8 Å². The third-order valence-electron chi connectivity index (χ3n) is 6.90. The molecule has 0 radical (unpaired) electrons. The van der Waals surface area contributed by atoms with Gasteiger partial charge in [0.15, 0.2) is 0 Å². The van der Waals surface area contributed by atoms with Crippen molar-refractivity contribution in [2.75, 3.05) is 13.1 Å². The second-order valence-electron chi connectivity index (χ2n) is 8.98. The van der Waals surface area contributed by atoms with E-state index in [-0.39, 0.29) is 18.4 Å². The number of hydrogen-bond donors (Lipinski definition) is 1. The topological polar surface area (TPSA) is 107 Å². The van der Waals surface area contributed by atoms with Gasteiger partial charge in [-0.05, 0) is 56.7 Å². The normalized spacial score (nSPS) is 18.3. The Kier molecular flexibility index (Phi) is 6.26. The van der Waals surface area contributed by atoms with Crippen LogP contribution in [0.5, 0.6) is 0 Å². The number of amides is 2. The number of nitrogens with zero attached hydrogens (tertiary/aromatic N) is 5. The molecule has 4 rings (SSSR count). The summed E-state index contributed by atoms with van der Waals surface area (Å²) in [7, 11) is 0. The maximum absolute atomic E-state index is 13.2. The van der Waals surface area contributed by atoms with Gasteiger partial charge in [0.1, 0.15) is 12.9 Å². The fourth-order valence-electron chi connectivity index (χ4n) is 4.70. The highest BCUT2D eigenvalue weighted by Gasteiger charge is 2.42. The Labute approximate surface area is 193 Å². The number of carbonyl (C=O) groups excluding carboxylic acids is 2. The smallest absolute Gasteiger partial charge is 0.244 e. The number of benzene rings is 1. The van der Waals surface area contributed by atoms with Crippen molar-refractivity contribution < 1.29 is 9.59 Å². The van der Waals surface area contributed by atoms with Gasteiger partial charge in [0, 0.05) is 36.7 Å². The number of aromatic nitrogens is 4.